The average Bonchev–Trinajstić information content (AvgIpc) is 2.73. The molecular formula is C23H24N6O. The summed E-state index contributed by atoms with van der Waals surface area (Å²) in [5, 5.41) is 13.2. The molecular weight excluding hydrogens is 376 g/mol. The number of guanidine groups is 1. The third-order valence-electron chi connectivity index (χ3n) is 4.37. The summed E-state index contributed by atoms with van der Waals surface area (Å²) in [5.74, 6) is -0.101. The summed E-state index contributed by atoms with van der Waals surface area (Å²) in [6.07, 6.45) is 0. The molecule has 7 nitrogen and oxygen atoms in total. The van der Waals surface area contributed by atoms with Crippen LogP contribution in [0.4, 0.5) is 16.2 Å². The molecule has 0 aliphatic rings. The van der Waals surface area contributed by atoms with Crippen molar-refractivity contribution in [3.8, 4) is 11.1 Å². The third kappa shape index (κ3) is 5.68. The third-order valence-corrected chi connectivity index (χ3v) is 4.37. The summed E-state index contributed by atoms with van der Waals surface area (Å²) >= 11 is 0. The second-order valence-corrected chi connectivity index (χ2v) is 6.81. The summed E-state index contributed by atoms with van der Waals surface area (Å²) in [6.45, 7) is 3.86. The highest BCUT2D eigenvalue weighted by Crippen LogP contribution is 2.22. The SMILES string of the molecule is C/C(=N\N=C(N)N)c1ccc(NC(=O)Nc2ccc(-c3cccc(C)c3)cc2)cc1. The minimum atomic E-state index is -0.322. The lowest BCUT2D eigenvalue weighted by molar-refractivity contribution is 0.262. The number of hydrogen-bond donors (Lipinski definition) is 4. The molecule has 0 fully saturated rings. The van der Waals surface area contributed by atoms with Crippen LogP contribution in [-0.4, -0.2) is 17.7 Å². The summed E-state index contributed by atoms with van der Waals surface area (Å²) < 4.78 is 0. The molecule has 2 amide bonds. The molecule has 3 rings (SSSR count). The van der Waals surface area contributed by atoms with Gasteiger partial charge in [-0.25, -0.2) is 4.79 Å². The van der Waals surface area contributed by atoms with E-state index in [1.165, 1.54) is 5.56 Å². The van der Waals surface area contributed by atoms with E-state index in [0.29, 0.717) is 17.1 Å². The standard InChI is InChI=1S/C23H24N6O/c1-15-4-3-5-19(14-15)18-8-12-21(13-9-18)27-23(30)26-20-10-6-17(7-11-20)16(2)28-29-22(24)25/h3-14H,1-2H3,(H4,24,25,29)(H2,26,27,30)/b28-16+. The van der Waals surface area contributed by atoms with Crippen LogP contribution in [0.5, 0.6) is 0 Å². The summed E-state index contributed by atoms with van der Waals surface area (Å²) in [5.41, 5.74) is 16.9. The van der Waals surface area contributed by atoms with E-state index in [9.17, 15) is 4.79 Å². The highest BCUT2D eigenvalue weighted by molar-refractivity contribution is 6.01. The van der Waals surface area contributed by atoms with Gasteiger partial charge in [-0.2, -0.15) is 5.10 Å². The number of urea groups is 1. The van der Waals surface area contributed by atoms with Crippen molar-refractivity contribution in [2.75, 3.05) is 10.6 Å². The molecule has 3 aromatic rings. The predicted molar refractivity (Wildman–Crippen MR) is 124 cm³/mol. The molecule has 0 aliphatic carbocycles. The van der Waals surface area contributed by atoms with E-state index < -0.39 is 0 Å². The number of nitrogens with one attached hydrogen (secondary N) is 2. The number of nitrogens with two attached hydrogens (primary N) is 2. The molecule has 6 N–H and O–H groups in total. The second-order valence-electron chi connectivity index (χ2n) is 6.81. The first-order valence-electron chi connectivity index (χ1n) is 9.39. The van der Waals surface area contributed by atoms with Gasteiger partial charge in [0.2, 0.25) is 5.96 Å². The molecule has 30 heavy (non-hydrogen) atoms. The van der Waals surface area contributed by atoms with Gasteiger partial charge in [0.15, 0.2) is 0 Å². The van der Waals surface area contributed by atoms with E-state index in [4.69, 9.17) is 11.5 Å². The average molecular weight is 400 g/mol. The molecule has 7 heteroatoms. The van der Waals surface area contributed by atoms with E-state index in [1.54, 1.807) is 19.1 Å². The molecule has 0 radical (unpaired) electrons. The molecule has 0 aromatic heterocycles. The molecule has 0 heterocycles. The first-order chi connectivity index (χ1) is 14.4. The molecule has 0 bridgehead atoms. The largest absolute Gasteiger partial charge is 0.369 e. The molecule has 0 spiro atoms. The topological polar surface area (TPSA) is 118 Å². The predicted octanol–water partition coefficient (Wildman–Crippen LogP) is 4.30. The van der Waals surface area contributed by atoms with Crippen LogP contribution < -0.4 is 22.1 Å². The van der Waals surface area contributed by atoms with Crippen LogP contribution >= 0.6 is 0 Å². The number of anilines is 2. The smallest absolute Gasteiger partial charge is 0.323 e. The van der Waals surface area contributed by atoms with Crippen molar-refractivity contribution in [1.82, 2.24) is 0 Å². The van der Waals surface area contributed by atoms with Gasteiger partial charge in [0.05, 0.1) is 5.71 Å². The maximum Gasteiger partial charge on any atom is 0.323 e. The van der Waals surface area contributed by atoms with E-state index in [2.05, 4.69) is 46.0 Å². The van der Waals surface area contributed by atoms with Crippen molar-refractivity contribution >= 4 is 29.1 Å². The Balaban J connectivity index is 1.60. The molecule has 0 atom stereocenters. The molecule has 0 saturated carbocycles. The zero-order valence-electron chi connectivity index (χ0n) is 16.9. The zero-order valence-corrected chi connectivity index (χ0v) is 16.9. The van der Waals surface area contributed by atoms with Gasteiger partial charge in [-0.3, -0.25) is 0 Å². The summed E-state index contributed by atoms with van der Waals surface area (Å²) in [7, 11) is 0. The first kappa shape index (κ1) is 20.6. The minimum Gasteiger partial charge on any atom is -0.369 e. The van der Waals surface area contributed by atoms with E-state index in [0.717, 1.165) is 16.7 Å². The normalized spacial score (nSPS) is 10.9. The van der Waals surface area contributed by atoms with E-state index in [1.807, 2.05) is 42.5 Å². The Morgan fingerprint density at radius 1 is 0.800 bits per heavy atom. The minimum absolute atomic E-state index is 0.101. The number of amides is 2. The van der Waals surface area contributed by atoms with Gasteiger partial charge in [0, 0.05) is 11.4 Å². The van der Waals surface area contributed by atoms with Gasteiger partial charge in [-0.1, -0.05) is 54.1 Å². The molecule has 152 valence electrons. The monoisotopic (exact) mass is 400 g/mol. The Hall–Kier alpha value is -4.13. The van der Waals surface area contributed by atoms with Gasteiger partial charge in [0.1, 0.15) is 0 Å². The fourth-order valence-corrected chi connectivity index (χ4v) is 2.85. The molecule has 0 aliphatic heterocycles. The Morgan fingerprint density at radius 3 is 1.97 bits per heavy atom. The van der Waals surface area contributed by atoms with E-state index in [-0.39, 0.29) is 12.0 Å². The number of nitrogens with zero attached hydrogens (tertiary/aromatic N) is 2. The second kappa shape index (κ2) is 9.38. The van der Waals surface area contributed by atoms with Crippen LogP contribution in [0.15, 0.2) is 83.0 Å². The maximum absolute atomic E-state index is 12.3. The highest BCUT2D eigenvalue weighted by atomic mass is 16.2. The lowest BCUT2D eigenvalue weighted by Crippen LogP contribution is -2.22. The van der Waals surface area contributed by atoms with Crippen molar-refractivity contribution in [3.05, 3.63) is 83.9 Å². The van der Waals surface area contributed by atoms with Crippen LogP contribution in [0.1, 0.15) is 18.1 Å². The summed E-state index contributed by atoms with van der Waals surface area (Å²) in [6, 6.07) is 22.9. The highest BCUT2D eigenvalue weighted by Gasteiger charge is 2.05. The Morgan fingerprint density at radius 2 is 1.40 bits per heavy atom. The number of carbonyl (C=O) groups excluding carboxylic acids is 1. The van der Waals surface area contributed by atoms with Crippen LogP contribution in [0, 0.1) is 6.92 Å². The number of aryl methyl sites for hydroxylation is 1. The fourth-order valence-electron chi connectivity index (χ4n) is 2.85. The lowest BCUT2D eigenvalue weighted by atomic mass is 10.0. The lowest BCUT2D eigenvalue weighted by Gasteiger charge is -2.09. The van der Waals surface area contributed by atoms with Crippen LogP contribution in [0.25, 0.3) is 11.1 Å². The van der Waals surface area contributed by atoms with Crippen molar-refractivity contribution in [3.63, 3.8) is 0 Å². The molecule has 0 saturated heterocycles. The first-order valence-corrected chi connectivity index (χ1v) is 9.39. The van der Waals surface area contributed by atoms with Gasteiger partial charge in [0.25, 0.3) is 0 Å². The molecule has 3 aromatic carbocycles. The van der Waals surface area contributed by atoms with E-state index >= 15 is 0 Å². The number of hydrogen-bond acceptors (Lipinski definition) is 3. The Kier molecular flexibility index (Phi) is 6.44. The summed E-state index contributed by atoms with van der Waals surface area (Å²) in [4.78, 5) is 12.3. The van der Waals surface area contributed by atoms with Crippen LogP contribution in [-0.2, 0) is 0 Å². The fraction of sp³-hybridized carbons (Fsp3) is 0.0870. The Bertz CT molecular complexity index is 1080. The number of carbonyl (C=O) groups is 1. The van der Waals surface area contributed by atoms with Gasteiger partial charge >= 0.3 is 6.03 Å². The molecule has 0 unspecified atom stereocenters. The van der Waals surface area contributed by atoms with Crippen molar-refractivity contribution in [1.29, 1.82) is 0 Å². The van der Waals surface area contributed by atoms with Crippen LogP contribution in [0.2, 0.25) is 0 Å². The van der Waals surface area contributed by atoms with Crippen molar-refractivity contribution in [2.24, 2.45) is 21.7 Å². The quantitative estimate of drug-likeness (QED) is 0.290. The van der Waals surface area contributed by atoms with Crippen LogP contribution in [0.3, 0.4) is 0 Å². The van der Waals surface area contributed by atoms with Gasteiger partial charge < -0.3 is 22.1 Å². The van der Waals surface area contributed by atoms with Gasteiger partial charge in [-0.15, -0.1) is 5.10 Å². The zero-order chi connectivity index (χ0) is 21.5. The Labute approximate surface area is 175 Å². The number of rotatable bonds is 5. The number of benzene rings is 3. The van der Waals surface area contributed by atoms with Crippen molar-refractivity contribution < 1.29 is 4.79 Å². The van der Waals surface area contributed by atoms with Gasteiger partial charge in [-0.05, 0) is 54.8 Å². The maximum atomic E-state index is 12.3. The van der Waals surface area contributed by atoms with Crippen molar-refractivity contribution in [2.45, 2.75) is 13.8 Å².